The van der Waals surface area contributed by atoms with E-state index in [2.05, 4.69) is 15.5 Å². The molecule has 1 aromatic rings. The quantitative estimate of drug-likeness (QED) is 0.653. The lowest BCUT2D eigenvalue weighted by Crippen LogP contribution is -2.16. The predicted molar refractivity (Wildman–Crippen MR) is 53.2 cm³/mol. The van der Waals surface area contributed by atoms with Crippen molar-refractivity contribution < 1.29 is 0 Å². The number of hydrogen-bond donors (Lipinski definition) is 0. The summed E-state index contributed by atoms with van der Waals surface area (Å²) in [4.78, 5) is 0. The Balaban J connectivity index is 2.29. The van der Waals surface area contributed by atoms with E-state index < -0.39 is 0 Å². The first-order valence-electron chi connectivity index (χ1n) is 3.85. The van der Waals surface area contributed by atoms with Crippen molar-refractivity contribution in [1.82, 2.24) is 5.32 Å². The maximum Gasteiger partial charge on any atom is 0.183 e. The topological polar surface area (TPSA) is 38.8 Å². The lowest BCUT2D eigenvalue weighted by atomic mass is 10.2. The molecule has 3 nitrogen and oxygen atoms in total. The van der Waals surface area contributed by atoms with Gasteiger partial charge in [-0.2, -0.15) is 0 Å². The Bertz CT molecular complexity index is 396. The lowest BCUT2D eigenvalue weighted by Gasteiger charge is -1.98. The third-order valence-corrected chi connectivity index (χ3v) is 1.88. The molecule has 2 rings (SSSR count). The molecule has 1 aliphatic rings. The lowest BCUT2D eigenvalue weighted by molar-refractivity contribution is 1.26. The number of hydrogen-bond acceptors (Lipinski definition) is 2. The molecule has 65 valence electrons. The highest BCUT2D eigenvalue weighted by Crippen LogP contribution is 2.12. The van der Waals surface area contributed by atoms with Crippen LogP contribution in [-0.4, -0.2) is 11.7 Å². The van der Waals surface area contributed by atoms with Crippen LogP contribution in [0.5, 0.6) is 0 Å². The average molecular weight is 193 g/mol. The van der Waals surface area contributed by atoms with E-state index >= 15 is 0 Å². The Hall–Kier alpha value is -1.35. The Morgan fingerprint density at radius 1 is 1.23 bits per heavy atom. The Morgan fingerprint density at radius 2 is 2.08 bits per heavy atom. The summed E-state index contributed by atoms with van der Waals surface area (Å²) in [5.41, 5.74) is 0.896. The molecule has 1 aliphatic heterocycles. The molecule has 0 bridgehead atoms. The van der Waals surface area contributed by atoms with Gasteiger partial charge in [0.05, 0.1) is 0 Å². The molecule has 0 atom stereocenters. The fourth-order valence-corrected chi connectivity index (χ4v) is 1.26. The highest BCUT2D eigenvalue weighted by Gasteiger charge is 2.11. The number of halogens is 1. The van der Waals surface area contributed by atoms with Gasteiger partial charge in [-0.1, -0.05) is 23.7 Å². The second kappa shape index (κ2) is 3.18. The minimum absolute atomic E-state index is 0.625. The first-order valence-corrected chi connectivity index (χ1v) is 4.23. The number of nitrogens with zero attached hydrogens (tertiary/aromatic N) is 3. The van der Waals surface area contributed by atoms with E-state index in [1.807, 2.05) is 24.3 Å². The van der Waals surface area contributed by atoms with E-state index in [-0.39, 0.29) is 0 Å². The molecule has 1 aromatic carbocycles. The predicted octanol–water partition coefficient (Wildman–Crippen LogP) is 2.04. The monoisotopic (exact) mass is 192 g/mol. The third-order valence-electron chi connectivity index (χ3n) is 1.64. The van der Waals surface area contributed by atoms with Crippen molar-refractivity contribution >= 4 is 23.3 Å². The molecule has 0 unspecified atom stereocenters. The van der Waals surface area contributed by atoms with Gasteiger partial charge >= 0.3 is 0 Å². The second-order valence-electron chi connectivity index (χ2n) is 2.69. The first kappa shape index (κ1) is 8.26. The Morgan fingerprint density at radius 3 is 2.69 bits per heavy atom. The van der Waals surface area contributed by atoms with Gasteiger partial charge in [0, 0.05) is 10.6 Å². The minimum Gasteiger partial charge on any atom is -0.210 e. The van der Waals surface area contributed by atoms with E-state index in [1.165, 1.54) is 0 Å². The normalized spacial score (nSPS) is 14.9. The van der Waals surface area contributed by atoms with Crippen LogP contribution in [0.1, 0.15) is 12.5 Å². The largest absolute Gasteiger partial charge is 0.210 e. The summed E-state index contributed by atoms with van der Waals surface area (Å²) in [6, 6.07) is 7.40. The summed E-state index contributed by atoms with van der Waals surface area (Å²) in [5.74, 6) is 1.30. The van der Waals surface area contributed by atoms with Crippen molar-refractivity contribution in [2.75, 3.05) is 0 Å². The van der Waals surface area contributed by atoms with E-state index in [0.717, 1.165) is 5.56 Å². The molecule has 0 amide bonds. The van der Waals surface area contributed by atoms with Gasteiger partial charge in [0.2, 0.25) is 0 Å². The summed E-state index contributed by atoms with van der Waals surface area (Å²) >= 11 is 5.83. The van der Waals surface area contributed by atoms with Gasteiger partial charge in [-0.3, -0.25) is 0 Å². The molecule has 13 heavy (non-hydrogen) atoms. The van der Waals surface area contributed by atoms with Gasteiger partial charge in [0.15, 0.2) is 5.84 Å². The molecule has 0 N–H and O–H groups in total. The van der Waals surface area contributed by atoms with Gasteiger partial charge in [0.1, 0.15) is 5.84 Å². The maximum atomic E-state index is 5.83. The zero-order valence-electron chi connectivity index (χ0n) is 7.03. The van der Waals surface area contributed by atoms with Gasteiger partial charge in [-0.25, -0.2) is 5.32 Å². The highest BCUT2D eigenvalue weighted by atomic mass is 35.5. The summed E-state index contributed by atoms with van der Waals surface area (Å²) in [5, 5.41) is 12.5. The fraction of sp³-hybridized carbons (Fsp3) is 0.111. The van der Waals surface area contributed by atoms with E-state index in [0.29, 0.717) is 16.7 Å². The van der Waals surface area contributed by atoms with Crippen molar-refractivity contribution in [3.63, 3.8) is 0 Å². The third kappa shape index (κ3) is 1.70. The Kier molecular flexibility index (Phi) is 2.02. The minimum atomic E-state index is 0.625. The zero-order valence-corrected chi connectivity index (χ0v) is 7.78. The standard InChI is InChI=1S/C9H7ClN3/c1-6-11-9(13-12-6)7-3-2-4-8(10)5-7/h2-5H,1H3. The smallest absolute Gasteiger partial charge is 0.183 e. The average Bonchev–Trinajstić information content (AvgIpc) is 2.52. The SMILES string of the molecule is CC1=NN=C(c2cccc(Cl)c2)[N]1. The zero-order chi connectivity index (χ0) is 9.26. The summed E-state index contributed by atoms with van der Waals surface area (Å²) in [6.45, 7) is 1.81. The van der Waals surface area contributed by atoms with Crippen molar-refractivity contribution in [1.29, 1.82) is 0 Å². The molecule has 0 spiro atoms. The van der Waals surface area contributed by atoms with Crippen molar-refractivity contribution in [2.45, 2.75) is 6.92 Å². The molecule has 0 aliphatic carbocycles. The van der Waals surface area contributed by atoms with Crippen LogP contribution in [-0.2, 0) is 0 Å². The van der Waals surface area contributed by atoms with Crippen molar-refractivity contribution in [3.8, 4) is 0 Å². The van der Waals surface area contributed by atoms with E-state index in [1.54, 1.807) is 6.92 Å². The maximum absolute atomic E-state index is 5.83. The molecule has 0 saturated carbocycles. The van der Waals surface area contributed by atoms with Crippen LogP contribution >= 0.6 is 11.6 Å². The molecule has 1 heterocycles. The Labute approximate surface area is 81.1 Å². The second-order valence-corrected chi connectivity index (χ2v) is 3.13. The van der Waals surface area contributed by atoms with Crippen molar-refractivity contribution in [3.05, 3.63) is 34.9 Å². The molecular formula is C9H7ClN3. The molecule has 0 fully saturated rings. The first-order chi connectivity index (χ1) is 6.25. The van der Waals surface area contributed by atoms with E-state index in [4.69, 9.17) is 11.6 Å². The van der Waals surface area contributed by atoms with Gasteiger partial charge < -0.3 is 0 Å². The summed E-state index contributed by atoms with van der Waals surface area (Å²) < 4.78 is 0. The highest BCUT2D eigenvalue weighted by molar-refractivity contribution is 6.31. The van der Waals surface area contributed by atoms with Crippen LogP contribution in [0.15, 0.2) is 34.5 Å². The van der Waals surface area contributed by atoms with Crippen LogP contribution in [0.2, 0.25) is 5.02 Å². The van der Waals surface area contributed by atoms with Gasteiger partial charge in [-0.05, 0) is 19.1 Å². The van der Waals surface area contributed by atoms with Gasteiger partial charge in [0.25, 0.3) is 0 Å². The summed E-state index contributed by atoms with van der Waals surface area (Å²) in [6.07, 6.45) is 0. The molecular weight excluding hydrogens is 186 g/mol. The molecule has 0 aromatic heterocycles. The molecule has 4 heteroatoms. The van der Waals surface area contributed by atoms with E-state index in [9.17, 15) is 0 Å². The van der Waals surface area contributed by atoms with Crippen LogP contribution in [0, 0.1) is 0 Å². The molecule has 0 saturated heterocycles. The van der Waals surface area contributed by atoms with Crippen molar-refractivity contribution in [2.24, 2.45) is 10.2 Å². The van der Waals surface area contributed by atoms with Crippen LogP contribution in [0.4, 0.5) is 0 Å². The van der Waals surface area contributed by atoms with Gasteiger partial charge in [-0.15, -0.1) is 10.2 Å². The number of rotatable bonds is 1. The fourth-order valence-electron chi connectivity index (χ4n) is 1.07. The number of benzene rings is 1. The summed E-state index contributed by atoms with van der Waals surface area (Å²) in [7, 11) is 0. The number of amidine groups is 2. The van der Waals surface area contributed by atoms with Crippen LogP contribution in [0.25, 0.3) is 0 Å². The molecule has 1 radical (unpaired) electrons. The van der Waals surface area contributed by atoms with Crippen LogP contribution in [0.3, 0.4) is 0 Å². The van der Waals surface area contributed by atoms with Crippen LogP contribution < -0.4 is 5.32 Å².